The molecule has 0 saturated carbocycles. The zero-order valence-corrected chi connectivity index (χ0v) is 17.2. The molecule has 0 atom stereocenters. The van der Waals surface area contributed by atoms with Crippen molar-refractivity contribution in [2.45, 2.75) is 39.3 Å². The van der Waals surface area contributed by atoms with E-state index in [-0.39, 0.29) is 12.0 Å². The lowest BCUT2D eigenvalue weighted by atomic mass is 10.1. The Kier molecular flexibility index (Phi) is 6.59. The van der Waals surface area contributed by atoms with Gasteiger partial charge in [0.25, 0.3) is 0 Å². The number of anilines is 1. The lowest BCUT2D eigenvalue weighted by molar-refractivity contribution is -0.113. The summed E-state index contributed by atoms with van der Waals surface area (Å²) in [5, 5.41) is 0. The van der Waals surface area contributed by atoms with Gasteiger partial charge in [0.1, 0.15) is 5.60 Å². The minimum Gasteiger partial charge on any atom is -0.444 e. The van der Waals surface area contributed by atoms with Gasteiger partial charge in [0.2, 0.25) is 5.91 Å². The molecule has 0 bridgehead atoms. The number of fused-ring (bicyclic) bond motifs is 1. The summed E-state index contributed by atoms with van der Waals surface area (Å²) in [7, 11) is 5.62. The summed E-state index contributed by atoms with van der Waals surface area (Å²) < 4.78 is 5.46. The molecule has 0 unspecified atom stereocenters. The molecule has 27 heavy (non-hydrogen) atoms. The first-order valence-electron chi connectivity index (χ1n) is 9.11. The van der Waals surface area contributed by atoms with E-state index < -0.39 is 5.60 Å². The molecule has 0 spiro atoms. The zero-order valence-electron chi connectivity index (χ0n) is 17.2. The highest BCUT2D eigenvalue weighted by molar-refractivity contribution is 6.00. The molecule has 2 rings (SSSR count). The van der Waals surface area contributed by atoms with E-state index in [1.165, 1.54) is 0 Å². The van der Waals surface area contributed by atoms with Gasteiger partial charge in [-0.05, 0) is 46.5 Å². The highest BCUT2D eigenvalue weighted by Crippen LogP contribution is 2.23. The number of aromatic nitrogens is 1. The van der Waals surface area contributed by atoms with E-state index in [1.54, 1.807) is 29.1 Å². The quantitative estimate of drug-likeness (QED) is 0.758. The Morgan fingerprint density at radius 1 is 1.30 bits per heavy atom. The van der Waals surface area contributed by atoms with Crippen molar-refractivity contribution in [3.05, 3.63) is 35.7 Å². The molecule has 1 aromatic heterocycles. The smallest absolute Gasteiger partial charge is 0.410 e. The first-order chi connectivity index (χ1) is 12.6. The maximum absolute atomic E-state index is 12.3. The van der Waals surface area contributed by atoms with Gasteiger partial charge in [0.15, 0.2) is 0 Å². The molecule has 0 aliphatic carbocycles. The van der Waals surface area contributed by atoms with Crippen molar-refractivity contribution in [1.29, 1.82) is 0 Å². The molecule has 0 radical (unpaired) electrons. The molecule has 2 amide bonds. The van der Waals surface area contributed by atoms with Crippen LogP contribution >= 0.6 is 0 Å². The maximum Gasteiger partial charge on any atom is 0.410 e. The van der Waals surface area contributed by atoms with E-state index in [0.29, 0.717) is 31.7 Å². The van der Waals surface area contributed by atoms with E-state index in [1.807, 2.05) is 51.9 Å². The van der Waals surface area contributed by atoms with Gasteiger partial charge in [-0.15, -0.1) is 0 Å². The standard InChI is InChI=1S/C20H30N4O3/c1-20(2,3)27-19(26)24-11-9-17-15(14-24)12-16(13-21-17)23(6)18(25)8-7-10-22(4)5/h7-8,12-13H,9-11,14H2,1-6H3/b8-7+. The Morgan fingerprint density at radius 3 is 2.63 bits per heavy atom. The molecule has 7 heteroatoms. The van der Waals surface area contributed by atoms with Gasteiger partial charge in [0.05, 0.1) is 18.4 Å². The van der Waals surface area contributed by atoms with Gasteiger partial charge in [0, 0.05) is 38.3 Å². The largest absolute Gasteiger partial charge is 0.444 e. The van der Waals surface area contributed by atoms with Gasteiger partial charge in [-0.1, -0.05) is 6.08 Å². The Morgan fingerprint density at radius 2 is 2.00 bits per heavy atom. The number of ether oxygens (including phenoxy) is 1. The molecule has 0 aromatic carbocycles. The van der Waals surface area contributed by atoms with Gasteiger partial charge < -0.3 is 19.4 Å². The number of likely N-dealkylation sites (N-methyl/N-ethyl adjacent to an activating group) is 2. The fourth-order valence-corrected chi connectivity index (χ4v) is 2.68. The Bertz CT molecular complexity index is 722. The van der Waals surface area contributed by atoms with Gasteiger partial charge in [-0.2, -0.15) is 0 Å². The van der Waals surface area contributed by atoms with Crippen LogP contribution in [0.4, 0.5) is 10.5 Å². The topological polar surface area (TPSA) is 66.0 Å². The van der Waals surface area contributed by atoms with Crippen LogP contribution in [0.5, 0.6) is 0 Å². The predicted molar refractivity (Wildman–Crippen MR) is 106 cm³/mol. The van der Waals surface area contributed by atoms with Crippen molar-refractivity contribution in [2.24, 2.45) is 0 Å². The maximum atomic E-state index is 12.3. The third kappa shape index (κ3) is 6.06. The number of pyridine rings is 1. The van der Waals surface area contributed by atoms with E-state index in [4.69, 9.17) is 4.74 Å². The van der Waals surface area contributed by atoms with E-state index in [0.717, 1.165) is 11.3 Å². The monoisotopic (exact) mass is 374 g/mol. The number of amides is 2. The third-order valence-electron chi connectivity index (χ3n) is 4.13. The first-order valence-corrected chi connectivity index (χ1v) is 9.11. The summed E-state index contributed by atoms with van der Waals surface area (Å²) in [5.41, 5.74) is 2.09. The number of rotatable bonds is 4. The lowest BCUT2D eigenvalue weighted by Crippen LogP contribution is -2.40. The predicted octanol–water partition coefficient (Wildman–Crippen LogP) is 2.46. The highest BCUT2D eigenvalue weighted by Gasteiger charge is 2.26. The molecular formula is C20H30N4O3. The van der Waals surface area contributed by atoms with Gasteiger partial charge in [-0.3, -0.25) is 9.78 Å². The molecule has 0 fully saturated rings. The fraction of sp³-hybridized carbons (Fsp3) is 0.550. The minimum atomic E-state index is -0.525. The van der Waals surface area contributed by atoms with Crippen LogP contribution in [0, 0.1) is 0 Å². The number of hydrogen-bond acceptors (Lipinski definition) is 5. The summed E-state index contributed by atoms with van der Waals surface area (Å²) >= 11 is 0. The summed E-state index contributed by atoms with van der Waals surface area (Å²) in [6.45, 7) is 7.28. The average molecular weight is 374 g/mol. The van der Waals surface area contributed by atoms with Crippen LogP contribution in [0.25, 0.3) is 0 Å². The number of carbonyl (C=O) groups is 2. The van der Waals surface area contributed by atoms with Crippen molar-refractivity contribution >= 4 is 17.7 Å². The second kappa shape index (κ2) is 8.52. The SMILES string of the molecule is CN(C)C/C=C/C(=O)N(C)c1cnc2c(c1)CN(C(=O)OC(C)(C)C)CC2. The van der Waals surface area contributed by atoms with Crippen LogP contribution in [-0.4, -0.2) is 66.6 Å². The molecule has 0 N–H and O–H groups in total. The van der Waals surface area contributed by atoms with Crippen LogP contribution in [0.1, 0.15) is 32.0 Å². The fourth-order valence-electron chi connectivity index (χ4n) is 2.68. The summed E-state index contributed by atoms with van der Waals surface area (Å²) in [4.78, 5) is 34.4. The van der Waals surface area contributed by atoms with E-state index in [9.17, 15) is 9.59 Å². The van der Waals surface area contributed by atoms with E-state index in [2.05, 4.69) is 4.98 Å². The van der Waals surface area contributed by atoms with Crippen molar-refractivity contribution in [3.63, 3.8) is 0 Å². The van der Waals surface area contributed by atoms with Crippen molar-refractivity contribution in [3.8, 4) is 0 Å². The van der Waals surface area contributed by atoms with Crippen LogP contribution in [-0.2, 0) is 22.5 Å². The summed E-state index contributed by atoms with van der Waals surface area (Å²) in [6.07, 6.45) is 5.45. The Labute approximate surface area is 161 Å². The molecule has 7 nitrogen and oxygen atoms in total. The minimum absolute atomic E-state index is 0.113. The second-order valence-corrected chi connectivity index (χ2v) is 8.01. The molecule has 1 aliphatic rings. The third-order valence-corrected chi connectivity index (χ3v) is 4.13. The molecule has 148 valence electrons. The lowest BCUT2D eigenvalue weighted by Gasteiger charge is -2.31. The van der Waals surface area contributed by atoms with Crippen LogP contribution < -0.4 is 4.90 Å². The zero-order chi connectivity index (χ0) is 20.2. The Balaban J connectivity index is 2.09. The van der Waals surface area contributed by atoms with Gasteiger partial charge in [-0.25, -0.2) is 4.79 Å². The molecule has 2 heterocycles. The molecule has 1 aliphatic heterocycles. The molecule has 0 saturated heterocycles. The second-order valence-electron chi connectivity index (χ2n) is 8.01. The molecular weight excluding hydrogens is 344 g/mol. The number of carbonyl (C=O) groups excluding carboxylic acids is 2. The number of hydrogen-bond donors (Lipinski definition) is 0. The highest BCUT2D eigenvalue weighted by atomic mass is 16.6. The van der Waals surface area contributed by atoms with Crippen molar-refractivity contribution < 1.29 is 14.3 Å². The summed E-state index contributed by atoms with van der Waals surface area (Å²) in [5.74, 6) is -0.113. The van der Waals surface area contributed by atoms with Crippen LogP contribution in [0.3, 0.4) is 0 Å². The van der Waals surface area contributed by atoms with E-state index >= 15 is 0 Å². The molecule has 1 aromatic rings. The van der Waals surface area contributed by atoms with Gasteiger partial charge >= 0.3 is 6.09 Å². The van der Waals surface area contributed by atoms with Crippen molar-refractivity contribution in [1.82, 2.24) is 14.8 Å². The van der Waals surface area contributed by atoms with Crippen LogP contribution in [0.2, 0.25) is 0 Å². The van der Waals surface area contributed by atoms with Crippen molar-refractivity contribution in [2.75, 3.05) is 39.1 Å². The summed E-state index contributed by atoms with van der Waals surface area (Å²) in [6, 6.07) is 1.93. The number of nitrogens with zero attached hydrogens (tertiary/aromatic N) is 4. The average Bonchev–Trinajstić information content (AvgIpc) is 2.58. The normalized spacial score (nSPS) is 14.4. The first kappa shape index (κ1) is 20.9. The Hall–Kier alpha value is -2.41. The van der Waals surface area contributed by atoms with Crippen LogP contribution in [0.15, 0.2) is 24.4 Å².